The molecule has 0 N–H and O–H groups in total. The fourth-order valence-electron chi connectivity index (χ4n) is 2.03. The molecule has 22 heavy (non-hydrogen) atoms. The third-order valence-electron chi connectivity index (χ3n) is 3.20. The average molecular weight is 371 g/mol. The highest BCUT2D eigenvalue weighted by atomic mass is 79.9. The van der Waals surface area contributed by atoms with Gasteiger partial charge in [-0.15, -0.1) is 0 Å². The van der Waals surface area contributed by atoms with Crippen LogP contribution >= 0.6 is 15.9 Å². The van der Waals surface area contributed by atoms with E-state index in [0.717, 1.165) is 17.3 Å². The number of nitrogens with zero attached hydrogens (tertiary/aromatic N) is 2. The van der Waals surface area contributed by atoms with Crippen molar-refractivity contribution in [2.24, 2.45) is 0 Å². The number of non-ortho nitro benzene ring substituents is 1. The zero-order chi connectivity index (χ0) is 16.5. The number of hydrogen-bond donors (Lipinski definition) is 0. The number of carbonyl (C=O) groups is 1. The Bertz CT molecular complexity index is 594. The molecule has 1 aliphatic rings. The van der Waals surface area contributed by atoms with Crippen LogP contribution in [-0.4, -0.2) is 27.6 Å². The number of hydrogen-bond acceptors (Lipinski definition) is 4. The maximum absolute atomic E-state index is 12.3. The minimum atomic E-state index is -0.565. The molecule has 1 aliphatic carbocycles. The molecular weight excluding hydrogens is 352 g/mol. The van der Waals surface area contributed by atoms with Crippen LogP contribution in [0.4, 0.5) is 10.5 Å². The molecule has 1 amide bonds. The molecule has 0 unspecified atom stereocenters. The monoisotopic (exact) mass is 370 g/mol. The summed E-state index contributed by atoms with van der Waals surface area (Å²) in [5.41, 5.74) is 0.148. The van der Waals surface area contributed by atoms with Crippen LogP contribution < -0.4 is 0 Å². The van der Waals surface area contributed by atoms with Crippen molar-refractivity contribution in [1.82, 2.24) is 4.90 Å². The Labute approximate surface area is 137 Å². The standard InChI is InChI=1S/C15H19BrN2O4/c1-15(2,3)22-14(19)17(11-4-5-11)9-10-8-12(18(20)21)6-7-13(10)16/h6-8,11H,4-5,9H2,1-3H3. The number of benzene rings is 1. The number of amides is 1. The number of rotatable bonds is 4. The van der Waals surface area contributed by atoms with Crippen molar-refractivity contribution in [2.45, 2.75) is 51.8 Å². The Morgan fingerprint density at radius 2 is 2.09 bits per heavy atom. The molecule has 120 valence electrons. The summed E-state index contributed by atoms with van der Waals surface area (Å²) in [7, 11) is 0. The van der Waals surface area contributed by atoms with Crippen LogP contribution in [0.3, 0.4) is 0 Å². The molecule has 6 nitrogen and oxygen atoms in total. The fraction of sp³-hybridized carbons (Fsp3) is 0.533. The van der Waals surface area contributed by atoms with E-state index in [1.807, 2.05) is 20.8 Å². The first kappa shape index (κ1) is 16.7. The van der Waals surface area contributed by atoms with Crippen LogP contribution in [-0.2, 0) is 11.3 Å². The molecule has 0 saturated heterocycles. The lowest BCUT2D eigenvalue weighted by Gasteiger charge is -2.27. The second-order valence-corrected chi connectivity index (χ2v) is 7.23. The second kappa shape index (κ2) is 6.24. The van der Waals surface area contributed by atoms with E-state index in [2.05, 4.69) is 15.9 Å². The molecule has 1 aromatic carbocycles. The van der Waals surface area contributed by atoms with Gasteiger partial charge in [-0.2, -0.15) is 0 Å². The number of ether oxygens (including phenoxy) is 1. The van der Waals surface area contributed by atoms with Crippen molar-refractivity contribution >= 4 is 27.7 Å². The molecule has 7 heteroatoms. The van der Waals surface area contributed by atoms with Crippen LogP contribution in [0.15, 0.2) is 22.7 Å². The van der Waals surface area contributed by atoms with Crippen molar-refractivity contribution in [3.8, 4) is 0 Å². The quantitative estimate of drug-likeness (QED) is 0.586. The van der Waals surface area contributed by atoms with E-state index in [1.165, 1.54) is 12.1 Å². The minimum absolute atomic E-state index is 0.0122. The van der Waals surface area contributed by atoms with E-state index in [1.54, 1.807) is 11.0 Å². The topological polar surface area (TPSA) is 72.7 Å². The SMILES string of the molecule is CC(C)(C)OC(=O)N(Cc1cc([N+](=O)[O-])ccc1Br)C1CC1. The molecule has 0 radical (unpaired) electrons. The fourth-order valence-corrected chi connectivity index (χ4v) is 2.40. The molecule has 0 aliphatic heterocycles. The van der Waals surface area contributed by atoms with Crippen molar-refractivity contribution in [3.63, 3.8) is 0 Å². The first-order valence-corrected chi connectivity index (χ1v) is 7.89. The molecule has 1 fully saturated rings. The first-order valence-electron chi connectivity index (χ1n) is 7.10. The maximum atomic E-state index is 12.3. The van der Waals surface area contributed by atoms with Crippen LogP contribution in [0.2, 0.25) is 0 Å². The van der Waals surface area contributed by atoms with Gasteiger partial charge in [-0.25, -0.2) is 4.79 Å². The van der Waals surface area contributed by atoms with Gasteiger partial charge in [0.25, 0.3) is 5.69 Å². The highest BCUT2D eigenvalue weighted by molar-refractivity contribution is 9.10. The summed E-state index contributed by atoms with van der Waals surface area (Å²) in [6, 6.07) is 4.71. The summed E-state index contributed by atoms with van der Waals surface area (Å²) in [5.74, 6) is 0. The van der Waals surface area contributed by atoms with Gasteiger partial charge < -0.3 is 9.64 Å². The number of nitro benzene ring substituents is 1. The zero-order valence-electron chi connectivity index (χ0n) is 12.8. The highest BCUT2D eigenvalue weighted by Gasteiger charge is 2.35. The molecule has 0 aromatic heterocycles. The molecule has 2 rings (SSSR count). The van der Waals surface area contributed by atoms with E-state index in [9.17, 15) is 14.9 Å². The zero-order valence-corrected chi connectivity index (χ0v) is 14.4. The molecule has 0 spiro atoms. The molecular formula is C15H19BrN2O4. The van der Waals surface area contributed by atoms with Crippen molar-refractivity contribution < 1.29 is 14.5 Å². The predicted molar refractivity (Wildman–Crippen MR) is 85.6 cm³/mol. The Morgan fingerprint density at radius 1 is 1.45 bits per heavy atom. The minimum Gasteiger partial charge on any atom is -0.444 e. The number of halogens is 1. The second-order valence-electron chi connectivity index (χ2n) is 6.37. The van der Waals surface area contributed by atoms with Crippen molar-refractivity contribution in [3.05, 3.63) is 38.3 Å². The van der Waals surface area contributed by atoms with E-state index >= 15 is 0 Å². The largest absolute Gasteiger partial charge is 0.444 e. The van der Waals surface area contributed by atoms with Gasteiger partial charge in [0.05, 0.1) is 11.5 Å². The molecule has 0 atom stereocenters. The van der Waals surface area contributed by atoms with Crippen LogP contribution in [0.25, 0.3) is 0 Å². The van der Waals surface area contributed by atoms with E-state index in [0.29, 0.717) is 12.1 Å². The van der Waals surface area contributed by atoms with Gasteiger partial charge in [0.1, 0.15) is 5.60 Å². The summed E-state index contributed by atoms with van der Waals surface area (Å²) in [4.78, 5) is 24.4. The van der Waals surface area contributed by atoms with Gasteiger partial charge in [0.15, 0.2) is 0 Å². The van der Waals surface area contributed by atoms with E-state index in [4.69, 9.17) is 4.74 Å². The van der Waals surface area contributed by atoms with Crippen LogP contribution in [0.5, 0.6) is 0 Å². The molecule has 1 aromatic rings. The lowest BCUT2D eigenvalue weighted by molar-refractivity contribution is -0.384. The number of nitro groups is 1. The van der Waals surface area contributed by atoms with Gasteiger partial charge in [0, 0.05) is 22.6 Å². The average Bonchev–Trinajstić information content (AvgIpc) is 3.19. The third-order valence-corrected chi connectivity index (χ3v) is 3.97. The third kappa shape index (κ3) is 4.43. The van der Waals surface area contributed by atoms with Crippen LogP contribution in [0.1, 0.15) is 39.2 Å². The van der Waals surface area contributed by atoms with Gasteiger partial charge >= 0.3 is 6.09 Å². The van der Waals surface area contributed by atoms with Gasteiger partial charge in [-0.3, -0.25) is 10.1 Å². The molecule has 0 bridgehead atoms. The van der Waals surface area contributed by atoms with Gasteiger partial charge in [-0.1, -0.05) is 15.9 Å². The Balaban J connectivity index is 2.20. The van der Waals surface area contributed by atoms with Crippen LogP contribution in [0, 0.1) is 10.1 Å². The normalized spacial score (nSPS) is 14.5. The summed E-state index contributed by atoms with van der Waals surface area (Å²) >= 11 is 3.39. The lowest BCUT2D eigenvalue weighted by atomic mass is 10.2. The summed E-state index contributed by atoms with van der Waals surface area (Å²) in [5, 5.41) is 10.9. The van der Waals surface area contributed by atoms with E-state index < -0.39 is 10.5 Å². The first-order chi connectivity index (χ1) is 10.2. The predicted octanol–water partition coefficient (Wildman–Crippen LogP) is 4.26. The lowest BCUT2D eigenvalue weighted by Crippen LogP contribution is -2.37. The Kier molecular flexibility index (Phi) is 4.75. The molecule has 0 heterocycles. The number of carbonyl (C=O) groups excluding carboxylic acids is 1. The Hall–Kier alpha value is -1.63. The van der Waals surface area contributed by atoms with Crippen molar-refractivity contribution in [1.29, 1.82) is 0 Å². The smallest absolute Gasteiger partial charge is 0.410 e. The maximum Gasteiger partial charge on any atom is 0.410 e. The van der Waals surface area contributed by atoms with Gasteiger partial charge in [-0.05, 0) is 45.2 Å². The van der Waals surface area contributed by atoms with E-state index in [-0.39, 0.29) is 17.8 Å². The Morgan fingerprint density at radius 3 is 2.59 bits per heavy atom. The summed E-state index contributed by atoms with van der Waals surface area (Å²) < 4.78 is 6.17. The highest BCUT2D eigenvalue weighted by Crippen LogP contribution is 2.32. The van der Waals surface area contributed by atoms with Gasteiger partial charge in [0.2, 0.25) is 0 Å². The summed E-state index contributed by atoms with van der Waals surface area (Å²) in [6.45, 7) is 5.75. The molecule has 1 saturated carbocycles. The van der Waals surface area contributed by atoms with Crippen molar-refractivity contribution in [2.75, 3.05) is 0 Å². The summed E-state index contributed by atoms with van der Waals surface area (Å²) in [6.07, 6.45) is 1.49.